The van der Waals surface area contributed by atoms with Crippen LogP contribution >= 0.6 is 0 Å². The van der Waals surface area contributed by atoms with Crippen LogP contribution in [0.25, 0.3) is 0 Å². The summed E-state index contributed by atoms with van der Waals surface area (Å²) >= 11 is 0. The number of carbonyl (C=O) groups is 3. The van der Waals surface area contributed by atoms with Crippen LogP contribution < -0.4 is 0 Å². The van der Waals surface area contributed by atoms with E-state index >= 15 is 0 Å². The van der Waals surface area contributed by atoms with Crippen molar-refractivity contribution in [1.82, 2.24) is 0 Å². The van der Waals surface area contributed by atoms with Crippen LogP contribution in [0.15, 0.2) is 85.1 Å². The number of hydrogen-bond donors (Lipinski definition) is 0. The van der Waals surface area contributed by atoms with Gasteiger partial charge in [-0.3, -0.25) is 14.4 Å². The zero-order valence-electron chi connectivity index (χ0n) is 49.6. The first-order valence-electron chi connectivity index (χ1n) is 32.1. The smallest absolute Gasteiger partial charge is 0.306 e. The molecule has 0 aromatic heterocycles. The van der Waals surface area contributed by atoms with Gasteiger partial charge in [0, 0.05) is 19.3 Å². The summed E-state index contributed by atoms with van der Waals surface area (Å²) < 4.78 is 16.9. The average molecular weight is 1050 g/mol. The van der Waals surface area contributed by atoms with E-state index in [1.165, 1.54) is 161 Å². The summed E-state index contributed by atoms with van der Waals surface area (Å²) in [7, 11) is 0. The predicted octanol–water partition coefficient (Wildman–Crippen LogP) is 21.9. The molecule has 0 N–H and O–H groups in total. The highest BCUT2D eigenvalue weighted by molar-refractivity contribution is 5.71. The summed E-state index contributed by atoms with van der Waals surface area (Å²) in [6.07, 6.45) is 83.0. The van der Waals surface area contributed by atoms with Gasteiger partial charge in [-0.25, -0.2) is 0 Å². The standard InChI is InChI=1S/C69H120O6/c1-4-7-10-13-16-19-22-25-28-30-32-34-36-38-41-44-47-50-53-56-59-62-68(71)74-65-66(64-73-67(70)61-58-55-52-49-46-43-40-27-24-21-18-15-12-9-6-3)75-69(72)63-60-57-54-51-48-45-42-39-37-35-33-31-29-26-23-20-17-14-11-8-5-2/h9,12,18,21-22,25,27,30-33,36,38,40,66H,4-8,10-11,13-17,19-20,23-24,26,28-29,34-35,37,39,41-65H2,1-3H3/b12-9-,21-18-,25-22-,32-30-,33-31-,38-36-,40-27-. The number of ether oxygens (including phenoxy) is 3. The van der Waals surface area contributed by atoms with E-state index in [1.807, 2.05) is 0 Å². The van der Waals surface area contributed by atoms with Gasteiger partial charge in [0.05, 0.1) is 0 Å². The monoisotopic (exact) mass is 1040 g/mol. The zero-order chi connectivity index (χ0) is 54.3. The Morgan fingerprint density at radius 2 is 0.520 bits per heavy atom. The zero-order valence-corrected chi connectivity index (χ0v) is 49.6. The molecule has 0 aliphatic heterocycles. The highest BCUT2D eigenvalue weighted by Gasteiger charge is 2.19. The minimum absolute atomic E-state index is 0.0892. The lowest BCUT2D eigenvalue weighted by Gasteiger charge is -2.18. The molecule has 0 spiro atoms. The van der Waals surface area contributed by atoms with Crippen LogP contribution in [0.1, 0.15) is 316 Å². The van der Waals surface area contributed by atoms with Crippen molar-refractivity contribution in [3.8, 4) is 0 Å². The molecule has 0 aliphatic rings. The Morgan fingerprint density at radius 1 is 0.280 bits per heavy atom. The van der Waals surface area contributed by atoms with Crippen molar-refractivity contribution >= 4 is 17.9 Å². The van der Waals surface area contributed by atoms with Crippen molar-refractivity contribution in [2.75, 3.05) is 13.2 Å². The lowest BCUT2D eigenvalue weighted by Crippen LogP contribution is -2.30. The Hall–Kier alpha value is -3.41. The summed E-state index contributed by atoms with van der Waals surface area (Å²) in [5.41, 5.74) is 0. The van der Waals surface area contributed by atoms with Gasteiger partial charge < -0.3 is 14.2 Å². The predicted molar refractivity (Wildman–Crippen MR) is 325 cm³/mol. The Balaban J connectivity index is 4.40. The van der Waals surface area contributed by atoms with E-state index in [0.717, 1.165) is 116 Å². The molecule has 6 heteroatoms. The van der Waals surface area contributed by atoms with E-state index in [2.05, 4.69) is 106 Å². The molecule has 0 radical (unpaired) electrons. The molecule has 0 saturated carbocycles. The SMILES string of the molecule is CC/C=C\C/C=C\C/C=C\CCCCCCCC(=O)OCC(COC(=O)CCCCCCCC/C=C\C/C=C\C/C=C\CCCCCCC)OC(=O)CCCCCCCCCCC/C=C\CCCCCCCCCC. The number of unbranched alkanes of at least 4 members (excludes halogenated alkanes) is 33. The minimum atomic E-state index is -0.792. The molecule has 0 heterocycles. The van der Waals surface area contributed by atoms with Crippen molar-refractivity contribution < 1.29 is 28.6 Å². The van der Waals surface area contributed by atoms with Gasteiger partial charge in [-0.2, -0.15) is 0 Å². The maximum atomic E-state index is 12.9. The number of esters is 3. The van der Waals surface area contributed by atoms with Crippen molar-refractivity contribution in [2.45, 2.75) is 322 Å². The Labute approximate surface area is 465 Å². The summed E-state index contributed by atoms with van der Waals surface area (Å²) in [5.74, 6) is -0.908. The second-order valence-corrected chi connectivity index (χ2v) is 21.3. The van der Waals surface area contributed by atoms with E-state index in [0.29, 0.717) is 19.3 Å². The molecule has 0 rings (SSSR count). The molecule has 6 nitrogen and oxygen atoms in total. The maximum absolute atomic E-state index is 12.9. The van der Waals surface area contributed by atoms with E-state index < -0.39 is 6.10 Å². The first kappa shape index (κ1) is 71.6. The third-order valence-electron chi connectivity index (χ3n) is 13.9. The van der Waals surface area contributed by atoms with Gasteiger partial charge in [-0.1, -0.05) is 266 Å². The Bertz CT molecular complexity index is 1430. The number of rotatable bonds is 58. The molecule has 0 amide bonds. The molecule has 432 valence electrons. The molecule has 1 unspecified atom stereocenters. The quantitative estimate of drug-likeness (QED) is 0.0261. The third kappa shape index (κ3) is 61.3. The molecule has 0 aromatic rings. The number of allylic oxidation sites excluding steroid dienone is 14. The van der Waals surface area contributed by atoms with Crippen LogP contribution in [0.2, 0.25) is 0 Å². The highest BCUT2D eigenvalue weighted by atomic mass is 16.6. The molecule has 75 heavy (non-hydrogen) atoms. The van der Waals surface area contributed by atoms with E-state index in [-0.39, 0.29) is 31.1 Å². The number of hydrogen-bond acceptors (Lipinski definition) is 6. The highest BCUT2D eigenvalue weighted by Crippen LogP contribution is 2.16. The van der Waals surface area contributed by atoms with Crippen LogP contribution in [0.5, 0.6) is 0 Å². The van der Waals surface area contributed by atoms with Gasteiger partial charge in [-0.05, 0) is 116 Å². The van der Waals surface area contributed by atoms with E-state index in [1.54, 1.807) is 0 Å². The molecule has 0 bridgehead atoms. The molecule has 0 aliphatic carbocycles. The van der Waals surface area contributed by atoms with Crippen LogP contribution in [0.3, 0.4) is 0 Å². The third-order valence-corrected chi connectivity index (χ3v) is 13.9. The molecule has 0 fully saturated rings. The van der Waals surface area contributed by atoms with Crippen molar-refractivity contribution in [3.63, 3.8) is 0 Å². The van der Waals surface area contributed by atoms with Gasteiger partial charge in [0.15, 0.2) is 6.10 Å². The number of carbonyl (C=O) groups excluding carboxylic acids is 3. The van der Waals surface area contributed by atoms with Gasteiger partial charge in [0.25, 0.3) is 0 Å². The summed E-state index contributed by atoms with van der Waals surface area (Å²) in [4.78, 5) is 38.3. The fourth-order valence-electron chi connectivity index (χ4n) is 9.05. The van der Waals surface area contributed by atoms with Crippen LogP contribution in [0, 0.1) is 0 Å². The lowest BCUT2D eigenvalue weighted by atomic mass is 10.1. The van der Waals surface area contributed by atoms with Crippen molar-refractivity contribution in [1.29, 1.82) is 0 Å². The van der Waals surface area contributed by atoms with Crippen LogP contribution in [-0.2, 0) is 28.6 Å². The first-order valence-corrected chi connectivity index (χ1v) is 32.1. The first-order chi connectivity index (χ1) is 37.0. The lowest BCUT2D eigenvalue weighted by molar-refractivity contribution is -0.167. The van der Waals surface area contributed by atoms with E-state index in [9.17, 15) is 14.4 Å². The Kier molecular flexibility index (Phi) is 60.3. The van der Waals surface area contributed by atoms with Gasteiger partial charge in [0.2, 0.25) is 0 Å². The van der Waals surface area contributed by atoms with Crippen LogP contribution in [0.4, 0.5) is 0 Å². The summed E-state index contributed by atoms with van der Waals surface area (Å²) in [6.45, 7) is 6.52. The van der Waals surface area contributed by atoms with Crippen molar-refractivity contribution in [3.05, 3.63) is 85.1 Å². The average Bonchev–Trinajstić information content (AvgIpc) is 3.41. The second kappa shape index (κ2) is 63.1. The topological polar surface area (TPSA) is 78.9 Å². The molecule has 0 aromatic carbocycles. The van der Waals surface area contributed by atoms with Crippen molar-refractivity contribution in [2.24, 2.45) is 0 Å². The minimum Gasteiger partial charge on any atom is -0.462 e. The molecular formula is C69H120O6. The molecule has 0 saturated heterocycles. The Morgan fingerprint density at radius 3 is 0.827 bits per heavy atom. The maximum Gasteiger partial charge on any atom is 0.306 e. The van der Waals surface area contributed by atoms with Gasteiger partial charge >= 0.3 is 17.9 Å². The van der Waals surface area contributed by atoms with Crippen LogP contribution in [-0.4, -0.2) is 37.2 Å². The molecular weight excluding hydrogens is 925 g/mol. The van der Waals surface area contributed by atoms with E-state index in [4.69, 9.17) is 14.2 Å². The fourth-order valence-corrected chi connectivity index (χ4v) is 9.05. The summed E-state index contributed by atoms with van der Waals surface area (Å²) in [5, 5.41) is 0. The fraction of sp³-hybridized carbons (Fsp3) is 0.754. The second-order valence-electron chi connectivity index (χ2n) is 21.3. The normalized spacial score (nSPS) is 12.6. The summed E-state index contributed by atoms with van der Waals surface area (Å²) in [6, 6.07) is 0. The van der Waals surface area contributed by atoms with Gasteiger partial charge in [0.1, 0.15) is 13.2 Å². The van der Waals surface area contributed by atoms with Gasteiger partial charge in [-0.15, -0.1) is 0 Å². The molecule has 1 atom stereocenters. The largest absolute Gasteiger partial charge is 0.462 e.